The Morgan fingerprint density at radius 3 is 2.94 bits per heavy atom. The van der Waals surface area contributed by atoms with Gasteiger partial charge in [0.1, 0.15) is 29.9 Å². The van der Waals surface area contributed by atoms with E-state index in [0.29, 0.717) is 40.6 Å². The number of ether oxygens (including phenoxy) is 1. The quantitative estimate of drug-likeness (QED) is 0.550. The minimum absolute atomic E-state index is 0.144. The van der Waals surface area contributed by atoms with Gasteiger partial charge in [-0.15, -0.1) is 0 Å². The van der Waals surface area contributed by atoms with Crippen molar-refractivity contribution in [1.82, 2.24) is 15.0 Å². The van der Waals surface area contributed by atoms with Crippen molar-refractivity contribution in [3.05, 3.63) is 53.2 Å². The van der Waals surface area contributed by atoms with Crippen LogP contribution in [0.25, 0.3) is 11.0 Å². The van der Waals surface area contributed by atoms with E-state index in [0.717, 1.165) is 0 Å². The molecule has 2 aliphatic rings. The first-order chi connectivity index (χ1) is 15.4. The van der Waals surface area contributed by atoms with Crippen molar-refractivity contribution < 1.29 is 13.5 Å². The zero-order valence-electron chi connectivity index (χ0n) is 17.0. The number of benzene rings is 1. The average Bonchev–Trinajstić information content (AvgIpc) is 3.49. The van der Waals surface area contributed by atoms with E-state index in [1.807, 2.05) is 0 Å². The maximum absolute atomic E-state index is 15.1. The van der Waals surface area contributed by atoms with Crippen LogP contribution in [0.1, 0.15) is 12.0 Å². The number of pyridine rings is 1. The molecule has 3 atom stereocenters. The van der Waals surface area contributed by atoms with E-state index in [4.69, 9.17) is 22.1 Å². The fourth-order valence-corrected chi connectivity index (χ4v) is 6.01. The standard InChI is InChI=1S/C21H19ClF2N6OS/c1-31-9-20-6-16(20)21(8-23,30-19(25)32-20)13-5-12(2-3-14(13)24)29-18-17-15(27-10-28-18)4-11(22)7-26-17/h2-5,7,10,16H,6,8-9H2,1H3,(H2,25,30)(H,27,28,29)/t16-,20-,21-/m1/s1. The van der Waals surface area contributed by atoms with E-state index in [1.165, 1.54) is 30.4 Å². The van der Waals surface area contributed by atoms with E-state index in [1.54, 1.807) is 25.3 Å². The van der Waals surface area contributed by atoms with Crippen LogP contribution in [0.5, 0.6) is 0 Å². The number of halogens is 3. The number of thioether (sulfide) groups is 1. The molecule has 0 bridgehead atoms. The third-order valence-electron chi connectivity index (χ3n) is 5.95. The molecule has 0 unspecified atom stereocenters. The molecule has 1 aliphatic carbocycles. The molecule has 32 heavy (non-hydrogen) atoms. The molecule has 3 heterocycles. The first-order valence-corrected chi connectivity index (χ1v) is 11.0. The Morgan fingerprint density at radius 2 is 2.16 bits per heavy atom. The largest absolute Gasteiger partial charge is 0.383 e. The molecule has 0 amide bonds. The first-order valence-electron chi connectivity index (χ1n) is 9.83. The lowest BCUT2D eigenvalue weighted by Crippen LogP contribution is -2.41. The minimum atomic E-state index is -1.41. The van der Waals surface area contributed by atoms with Crippen molar-refractivity contribution >= 4 is 51.1 Å². The molecule has 2 aromatic heterocycles. The van der Waals surface area contributed by atoms with E-state index >= 15 is 4.39 Å². The van der Waals surface area contributed by atoms with Gasteiger partial charge in [-0.2, -0.15) is 0 Å². The number of alkyl halides is 1. The molecule has 0 spiro atoms. The number of amidine groups is 1. The third-order valence-corrected chi connectivity index (χ3v) is 7.43. The summed E-state index contributed by atoms with van der Waals surface area (Å²) in [5.74, 6) is -0.362. The maximum atomic E-state index is 15.1. The molecular formula is C21H19ClF2N6OS. The van der Waals surface area contributed by atoms with E-state index in [2.05, 4.69) is 25.3 Å². The van der Waals surface area contributed by atoms with Crippen molar-refractivity contribution in [3.63, 3.8) is 0 Å². The van der Waals surface area contributed by atoms with Crippen LogP contribution in [0.4, 0.5) is 20.3 Å². The summed E-state index contributed by atoms with van der Waals surface area (Å²) in [6, 6.07) is 6.07. The van der Waals surface area contributed by atoms with Crippen molar-refractivity contribution in [3.8, 4) is 0 Å². The topological polar surface area (TPSA) is 98.3 Å². The summed E-state index contributed by atoms with van der Waals surface area (Å²) in [5, 5.41) is 3.81. The van der Waals surface area contributed by atoms with Crippen molar-refractivity contribution in [2.75, 3.05) is 25.7 Å². The van der Waals surface area contributed by atoms with Gasteiger partial charge in [0.25, 0.3) is 0 Å². The number of fused-ring (bicyclic) bond motifs is 2. The second-order valence-electron chi connectivity index (χ2n) is 7.93. The highest BCUT2D eigenvalue weighted by Gasteiger charge is 2.68. The van der Waals surface area contributed by atoms with Gasteiger partial charge in [0.15, 0.2) is 11.0 Å². The Labute approximate surface area is 191 Å². The maximum Gasteiger partial charge on any atom is 0.160 e. The second-order valence-corrected chi connectivity index (χ2v) is 9.80. The second kappa shape index (κ2) is 7.79. The van der Waals surface area contributed by atoms with E-state index < -0.39 is 22.8 Å². The number of aromatic nitrogens is 3. The molecule has 166 valence electrons. The summed E-state index contributed by atoms with van der Waals surface area (Å²) < 4.78 is 34.6. The van der Waals surface area contributed by atoms with Gasteiger partial charge in [0.05, 0.1) is 21.9 Å². The first kappa shape index (κ1) is 21.3. The molecule has 1 aromatic carbocycles. The summed E-state index contributed by atoms with van der Waals surface area (Å²) in [4.78, 5) is 17.1. The van der Waals surface area contributed by atoms with Gasteiger partial charge >= 0.3 is 0 Å². The van der Waals surface area contributed by atoms with Gasteiger partial charge in [0, 0.05) is 30.5 Å². The molecule has 7 nitrogen and oxygen atoms in total. The van der Waals surface area contributed by atoms with Gasteiger partial charge in [-0.25, -0.2) is 28.7 Å². The number of anilines is 2. The summed E-state index contributed by atoms with van der Waals surface area (Å²) >= 11 is 7.37. The zero-order valence-corrected chi connectivity index (χ0v) is 18.6. The fraction of sp³-hybridized carbons (Fsp3) is 0.333. The van der Waals surface area contributed by atoms with Gasteiger partial charge in [-0.3, -0.25) is 0 Å². The third kappa shape index (κ3) is 3.37. The van der Waals surface area contributed by atoms with Crippen LogP contribution < -0.4 is 11.1 Å². The van der Waals surface area contributed by atoms with E-state index in [-0.39, 0.29) is 16.6 Å². The Kier molecular flexibility index (Phi) is 5.18. The molecule has 3 aromatic rings. The Morgan fingerprint density at radius 1 is 1.31 bits per heavy atom. The lowest BCUT2D eigenvalue weighted by atomic mass is 9.84. The van der Waals surface area contributed by atoms with Gasteiger partial charge in [-0.05, 0) is 30.7 Å². The Hall–Kier alpha value is -2.56. The lowest BCUT2D eigenvalue weighted by molar-refractivity contribution is 0.176. The normalized spacial score (nSPS) is 26.5. The van der Waals surface area contributed by atoms with Gasteiger partial charge < -0.3 is 15.8 Å². The predicted molar refractivity (Wildman–Crippen MR) is 122 cm³/mol. The van der Waals surface area contributed by atoms with Crippen molar-refractivity contribution in [1.29, 1.82) is 0 Å². The highest BCUT2D eigenvalue weighted by Crippen LogP contribution is 2.66. The number of rotatable bonds is 6. The van der Waals surface area contributed by atoms with E-state index in [9.17, 15) is 4.39 Å². The molecule has 0 radical (unpaired) electrons. The van der Waals surface area contributed by atoms with Crippen LogP contribution in [0, 0.1) is 11.7 Å². The molecule has 5 rings (SSSR count). The highest BCUT2D eigenvalue weighted by molar-refractivity contribution is 8.15. The van der Waals surface area contributed by atoms with Crippen LogP contribution >= 0.6 is 23.4 Å². The molecule has 11 heteroatoms. The minimum Gasteiger partial charge on any atom is -0.383 e. The van der Waals surface area contributed by atoms with Crippen LogP contribution in [-0.4, -0.2) is 45.3 Å². The highest BCUT2D eigenvalue weighted by atomic mass is 35.5. The summed E-state index contributed by atoms with van der Waals surface area (Å²) in [5.41, 5.74) is 6.36. The summed E-state index contributed by atoms with van der Waals surface area (Å²) in [6.45, 7) is -0.484. The molecule has 3 N–H and O–H groups in total. The molecular weight excluding hydrogens is 458 g/mol. The summed E-state index contributed by atoms with van der Waals surface area (Å²) in [7, 11) is 1.59. The number of methoxy groups -OCH3 is 1. The van der Waals surface area contributed by atoms with Crippen molar-refractivity contribution in [2.24, 2.45) is 16.6 Å². The lowest BCUT2D eigenvalue weighted by Gasteiger charge is -2.35. The molecule has 0 saturated heterocycles. The average molecular weight is 477 g/mol. The smallest absolute Gasteiger partial charge is 0.160 e. The molecule has 1 fully saturated rings. The van der Waals surface area contributed by atoms with Gasteiger partial charge in [0.2, 0.25) is 0 Å². The van der Waals surface area contributed by atoms with Crippen molar-refractivity contribution in [2.45, 2.75) is 16.7 Å². The number of nitrogens with zero attached hydrogens (tertiary/aromatic N) is 4. The number of hydrogen-bond acceptors (Lipinski definition) is 8. The summed E-state index contributed by atoms with van der Waals surface area (Å²) in [6.07, 6.45) is 3.51. The Bertz CT molecular complexity index is 1250. The molecule has 1 saturated carbocycles. The number of nitrogens with one attached hydrogen (secondary N) is 1. The van der Waals surface area contributed by atoms with Crippen LogP contribution in [0.2, 0.25) is 5.02 Å². The zero-order chi connectivity index (χ0) is 22.5. The predicted octanol–water partition coefficient (Wildman–Crippen LogP) is 4.19. The number of nitrogens with two attached hydrogens (primary N) is 1. The van der Waals surface area contributed by atoms with Crippen LogP contribution in [0.15, 0.2) is 41.8 Å². The van der Waals surface area contributed by atoms with Gasteiger partial charge in [-0.1, -0.05) is 23.4 Å². The molecule has 1 aliphatic heterocycles. The van der Waals surface area contributed by atoms with Crippen LogP contribution in [0.3, 0.4) is 0 Å². The monoisotopic (exact) mass is 476 g/mol. The number of aliphatic imine (C=N–C) groups is 1. The Balaban J connectivity index is 1.56. The number of hydrogen-bond donors (Lipinski definition) is 2. The SMILES string of the molecule is COC[C@]12C[C@H]1[C@@](CF)(c1cc(Nc3ncnc4cc(Cl)cnc34)ccc1F)N=C(N)S2. The van der Waals surface area contributed by atoms with Crippen LogP contribution in [-0.2, 0) is 10.3 Å². The fourth-order valence-electron chi connectivity index (χ4n) is 4.47.